The van der Waals surface area contributed by atoms with Crippen molar-refractivity contribution in [1.29, 1.82) is 5.26 Å². The first-order valence-electron chi connectivity index (χ1n) is 5.61. The normalized spacial score (nSPS) is 18.3. The van der Waals surface area contributed by atoms with Gasteiger partial charge in [0.15, 0.2) is 0 Å². The van der Waals surface area contributed by atoms with Crippen LogP contribution in [0.3, 0.4) is 0 Å². The molecule has 1 aromatic rings. The molecule has 1 aliphatic heterocycles. The summed E-state index contributed by atoms with van der Waals surface area (Å²) in [5, 5.41) is 17.3. The van der Waals surface area contributed by atoms with Crippen molar-refractivity contribution in [2.45, 2.75) is 6.04 Å². The van der Waals surface area contributed by atoms with Gasteiger partial charge in [-0.3, -0.25) is 14.9 Å². The van der Waals surface area contributed by atoms with E-state index in [1.807, 2.05) is 6.07 Å². The SMILES string of the molecule is N#Cc1cc(NC(=O)C2CNC(=O)CN2)ccc1Cl. The maximum atomic E-state index is 11.9. The van der Waals surface area contributed by atoms with Gasteiger partial charge in [-0.2, -0.15) is 5.26 Å². The second kappa shape index (κ2) is 5.69. The summed E-state index contributed by atoms with van der Waals surface area (Å²) in [4.78, 5) is 22.9. The minimum atomic E-state index is -0.487. The summed E-state index contributed by atoms with van der Waals surface area (Å²) in [7, 11) is 0. The van der Waals surface area contributed by atoms with Crippen molar-refractivity contribution in [2.75, 3.05) is 18.4 Å². The molecule has 1 unspecified atom stereocenters. The van der Waals surface area contributed by atoms with Gasteiger partial charge in [-0.25, -0.2) is 0 Å². The quantitative estimate of drug-likeness (QED) is 0.722. The first-order chi connectivity index (χ1) is 9.10. The molecule has 1 atom stereocenters. The van der Waals surface area contributed by atoms with E-state index < -0.39 is 6.04 Å². The zero-order chi connectivity index (χ0) is 13.8. The van der Waals surface area contributed by atoms with Crippen LogP contribution in [0.2, 0.25) is 5.02 Å². The zero-order valence-electron chi connectivity index (χ0n) is 9.87. The van der Waals surface area contributed by atoms with Crippen molar-refractivity contribution >= 4 is 29.1 Å². The average Bonchev–Trinajstić information content (AvgIpc) is 2.41. The van der Waals surface area contributed by atoms with E-state index in [0.717, 1.165) is 0 Å². The summed E-state index contributed by atoms with van der Waals surface area (Å²) in [5.41, 5.74) is 0.786. The first-order valence-corrected chi connectivity index (χ1v) is 5.98. The highest BCUT2D eigenvalue weighted by molar-refractivity contribution is 6.31. The number of nitriles is 1. The van der Waals surface area contributed by atoms with Crippen molar-refractivity contribution in [3.05, 3.63) is 28.8 Å². The summed E-state index contributed by atoms with van der Waals surface area (Å²) >= 11 is 5.80. The second-order valence-electron chi connectivity index (χ2n) is 4.03. The molecule has 98 valence electrons. The molecule has 7 heteroatoms. The van der Waals surface area contributed by atoms with E-state index in [1.165, 1.54) is 6.07 Å². The van der Waals surface area contributed by atoms with E-state index in [-0.39, 0.29) is 24.9 Å². The van der Waals surface area contributed by atoms with Gasteiger partial charge in [-0.05, 0) is 18.2 Å². The molecule has 0 spiro atoms. The number of nitrogens with one attached hydrogen (secondary N) is 3. The lowest BCUT2D eigenvalue weighted by Crippen LogP contribution is -2.56. The van der Waals surface area contributed by atoms with E-state index in [9.17, 15) is 9.59 Å². The summed E-state index contributed by atoms with van der Waals surface area (Å²) in [6.45, 7) is 0.353. The molecular formula is C12H11ClN4O2. The third-order valence-corrected chi connectivity index (χ3v) is 3.01. The van der Waals surface area contributed by atoms with Gasteiger partial charge in [0.25, 0.3) is 0 Å². The fourth-order valence-electron chi connectivity index (χ4n) is 1.67. The minimum absolute atomic E-state index is 0.113. The molecule has 0 saturated carbocycles. The van der Waals surface area contributed by atoms with Crippen LogP contribution in [0, 0.1) is 11.3 Å². The number of hydrogen-bond acceptors (Lipinski definition) is 4. The Bertz CT molecular complexity index is 557. The largest absolute Gasteiger partial charge is 0.353 e. The van der Waals surface area contributed by atoms with Crippen molar-refractivity contribution in [1.82, 2.24) is 10.6 Å². The van der Waals surface area contributed by atoms with Crippen LogP contribution in [0.5, 0.6) is 0 Å². The maximum absolute atomic E-state index is 11.9. The number of benzene rings is 1. The molecule has 1 fully saturated rings. The fourth-order valence-corrected chi connectivity index (χ4v) is 1.83. The number of halogens is 1. The Labute approximate surface area is 114 Å². The van der Waals surface area contributed by atoms with E-state index in [1.54, 1.807) is 12.1 Å². The van der Waals surface area contributed by atoms with E-state index in [0.29, 0.717) is 16.3 Å². The predicted molar refractivity (Wildman–Crippen MR) is 69.6 cm³/mol. The van der Waals surface area contributed by atoms with Gasteiger partial charge in [0, 0.05) is 12.2 Å². The number of carbonyl (C=O) groups excluding carboxylic acids is 2. The molecular weight excluding hydrogens is 268 g/mol. The molecule has 19 heavy (non-hydrogen) atoms. The van der Waals surface area contributed by atoms with Gasteiger partial charge in [-0.1, -0.05) is 11.6 Å². The van der Waals surface area contributed by atoms with Crippen LogP contribution in [-0.2, 0) is 9.59 Å². The molecule has 0 aromatic heterocycles. The highest BCUT2D eigenvalue weighted by Gasteiger charge is 2.23. The van der Waals surface area contributed by atoms with E-state index in [2.05, 4.69) is 16.0 Å². The number of carbonyl (C=O) groups is 2. The van der Waals surface area contributed by atoms with Gasteiger partial charge >= 0.3 is 0 Å². The minimum Gasteiger partial charge on any atom is -0.353 e. The lowest BCUT2D eigenvalue weighted by molar-refractivity contribution is -0.124. The van der Waals surface area contributed by atoms with Crippen molar-refractivity contribution < 1.29 is 9.59 Å². The van der Waals surface area contributed by atoms with Crippen LogP contribution in [0.15, 0.2) is 18.2 Å². The number of hydrogen-bond donors (Lipinski definition) is 3. The predicted octanol–water partition coefficient (Wildman–Crippen LogP) is 0.238. The second-order valence-corrected chi connectivity index (χ2v) is 4.44. The lowest BCUT2D eigenvalue weighted by atomic mass is 10.2. The molecule has 1 heterocycles. The molecule has 6 nitrogen and oxygen atoms in total. The van der Waals surface area contributed by atoms with Gasteiger partial charge in [0.1, 0.15) is 12.1 Å². The molecule has 1 aliphatic rings. The number of anilines is 1. The molecule has 1 aromatic carbocycles. The summed E-state index contributed by atoms with van der Waals surface area (Å²) < 4.78 is 0. The third-order valence-electron chi connectivity index (χ3n) is 2.68. The molecule has 3 N–H and O–H groups in total. The Morgan fingerprint density at radius 2 is 2.32 bits per heavy atom. The third kappa shape index (κ3) is 3.22. The molecule has 2 amide bonds. The van der Waals surface area contributed by atoms with Crippen LogP contribution < -0.4 is 16.0 Å². The van der Waals surface area contributed by atoms with Crippen LogP contribution >= 0.6 is 11.6 Å². The van der Waals surface area contributed by atoms with Crippen molar-refractivity contribution in [2.24, 2.45) is 0 Å². The Balaban J connectivity index is 2.03. The Hall–Kier alpha value is -2.10. The molecule has 1 saturated heterocycles. The smallest absolute Gasteiger partial charge is 0.243 e. The van der Waals surface area contributed by atoms with Crippen molar-refractivity contribution in [3.63, 3.8) is 0 Å². The van der Waals surface area contributed by atoms with Gasteiger partial charge in [-0.15, -0.1) is 0 Å². The van der Waals surface area contributed by atoms with Gasteiger partial charge in [0.05, 0.1) is 17.1 Å². The summed E-state index contributed by atoms with van der Waals surface area (Å²) in [6, 6.07) is 6.11. The molecule has 0 aliphatic carbocycles. The highest BCUT2D eigenvalue weighted by atomic mass is 35.5. The van der Waals surface area contributed by atoms with Gasteiger partial charge in [0.2, 0.25) is 11.8 Å². The van der Waals surface area contributed by atoms with Gasteiger partial charge < -0.3 is 10.6 Å². The molecule has 0 radical (unpaired) electrons. The number of nitrogens with zero attached hydrogens (tertiary/aromatic N) is 1. The molecule has 2 rings (SSSR count). The van der Waals surface area contributed by atoms with Crippen LogP contribution in [-0.4, -0.2) is 30.9 Å². The van der Waals surface area contributed by atoms with Crippen LogP contribution in [0.1, 0.15) is 5.56 Å². The standard InChI is InChI=1S/C12H11ClN4O2/c13-9-2-1-8(3-7(9)4-14)17-12(19)10-5-16-11(18)6-15-10/h1-3,10,15H,5-6H2,(H,16,18)(H,17,19). The summed E-state index contributed by atoms with van der Waals surface area (Å²) in [5.74, 6) is -0.409. The highest BCUT2D eigenvalue weighted by Crippen LogP contribution is 2.19. The number of amides is 2. The lowest BCUT2D eigenvalue weighted by Gasteiger charge is -2.23. The number of rotatable bonds is 2. The van der Waals surface area contributed by atoms with Crippen molar-refractivity contribution in [3.8, 4) is 6.07 Å². The molecule has 0 bridgehead atoms. The Morgan fingerprint density at radius 3 is 2.95 bits per heavy atom. The fraction of sp³-hybridized carbons (Fsp3) is 0.250. The summed E-state index contributed by atoms with van der Waals surface area (Å²) in [6.07, 6.45) is 0. The van der Waals surface area contributed by atoms with E-state index in [4.69, 9.17) is 16.9 Å². The Morgan fingerprint density at radius 1 is 1.53 bits per heavy atom. The topological polar surface area (TPSA) is 94.0 Å². The zero-order valence-corrected chi connectivity index (χ0v) is 10.6. The van der Waals surface area contributed by atoms with Crippen LogP contribution in [0.4, 0.5) is 5.69 Å². The monoisotopic (exact) mass is 278 g/mol. The maximum Gasteiger partial charge on any atom is 0.243 e. The first kappa shape index (κ1) is 13.3. The Kier molecular flexibility index (Phi) is 4.00. The number of piperazine rings is 1. The average molecular weight is 279 g/mol. The van der Waals surface area contributed by atoms with Crippen LogP contribution in [0.25, 0.3) is 0 Å². The van der Waals surface area contributed by atoms with E-state index >= 15 is 0 Å².